The zero-order chi connectivity index (χ0) is 19.1. The molecule has 1 aromatic carbocycles. The van der Waals surface area contributed by atoms with E-state index >= 15 is 0 Å². The van der Waals surface area contributed by atoms with Crippen LogP contribution in [0.2, 0.25) is 0 Å². The lowest BCUT2D eigenvalue weighted by Crippen LogP contribution is -2.24. The molecule has 3 aromatic rings. The van der Waals surface area contributed by atoms with Crippen molar-refractivity contribution in [3.05, 3.63) is 61.8 Å². The Morgan fingerprint density at radius 2 is 2.07 bits per heavy atom. The van der Waals surface area contributed by atoms with Gasteiger partial charge in [0.15, 0.2) is 0 Å². The van der Waals surface area contributed by atoms with Crippen LogP contribution in [0, 0.1) is 13.8 Å². The van der Waals surface area contributed by atoms with Crippen LogP contribution in [-0.2, 0) is 24.2 Å². The summed E-state index contributed by atoms with van der Waals surface area (Å²) in [5.74, 6) is 0.977. The molecule has 8 nitrogen and oxygen atoms in total. The molecule has 1 amide bonds. The normalized spacial score (nSPS) is 13.0. The zero-order valence-electron chi connectivity index (χ0n) is 15.1. The predicted octanol–water partition coefficient (Wildman–Crippen LogP) is 1.22. The molecule has 0 spiro atoms. The first-order chi connectivity index (χ1) is 12.9. The first-order valence-corrected chi connectivity index (χ1v) is 8.82. The number of rotatable bonds is 3. The van der Waals surface area contributed by atoms with Crippen molar-refractivity contribution >= 4 is 22.5 Å². The highest BCUT2D eigenvalue weighted by atomic mass is 16.2. The molecule has 0 saturated carbocycles. The van der Waals surface area contributed by atoms with Crippen LogP contribution in [0.25, 0.3) is 10.9 Å². The summed E-state index contributed by atoms with van der Waals surface area (Å²) < 4.78 is 1.69. The van der Waals surface area contributed by atoms with Gasteiger partial charge in [-0.25, -0.2) is 9.97 Å². The third-order valence-electron chi connectivity index (χ3n) is 4.78. The second-order valence-electron chi connectivity index (χ2n) is 6.76. The minimum Gasteiger partial charge on any atom is -0.326 e. The lowest BCUT2D eigenvalue weighted by molar-refractivity contribution is -0.115. The fourth-order valence-corrected chi connectivity index (χ4v) is 3.49. The molecule has 4 rings (SSSR count). The van der Waals surface area contributed by atoms with Gasteiger partial charge in [0.1, 0.15) is 11.6 Å². The van der Waals surface area contributed by atoms with E-state index in [9.17, 15) is 14.4 Å². The Morgan fingerprint density at radius 1 is 1.26 bits per heavy atom. The highest BCUT2D eigenvalue weighted by Crippen LogP contribution is 2.18. The van der Waals surface area contributed by atoms with Crippen LogP contribution in [0.4, 0.5) is 5.69 Å². The van der Waals surface area contributed by atoms with Gasteiger partial charge in [-0.15, -0.1) is 0 Å². The van der Waals surface area contributed by atoms with Gasteiger partial charge >= 0.3 is 0 Å². The van der Waals surface area contributed by atoms with Crippen LogP contribution in [0.1, 0.15) is 29.3 Å². The number of nitrogens with zero attached hydrogens (tertiary/aromatic N) is 3. The molecule has 2 aromatic heterocycles. The molecule has 138 valence electrons. The number of carbonyl (C=O) groups is 1. The number of aryl methyl sites for hydroxylation is 3. The topological polar surface area (TPSA) is 110 Å². The second kappa shape index (κ2) is 6.46. The summed E-state index contributed by atoms with van der Waals surface area (Å²) in [6.07, 6.45) is 1.64. The highest BCUT2D eigenvalue weighted by Gasteiger charge is 2.17. The van der Waals surface area contributed by atoms with E-state index in [1.54, 1.807) is 36.6 Å². The molecule has 1 aliphatic rings. The lowest BCUT2D eigenvalue weighted by atomic mass is 10.1. The largest absolute Gasteiger partial charge is 0.326 e. The summed E-state index contributed by atoms with van der Waals surface area (Å²) in [4.78, 5) is 48.4. The van der Waals surface area contributed by atoms with Crippen molar-refractivity contribution in [1.82, 2.24) is 19.5 Å². The summed E-state index contributed by atoms with van der Waals surface area (Å²) in [6, 6.07) is 5.08. The Bertz CT molecular complexity index is 1190. The number of hydrogen-bond donors (Lipinski definition) is 2. The number of aromatic nitrogens is 4. The molecule has 27 heavy (non-hydrogen) atoms. The average molecular weight is 365 g/mol. The fourth-order valence-electron chi connectivity index (χ4n) is 3.49. The first-order valence-electron chi connectivity index (χ1n) is 8.82. The summed E-state index contributed by atoms with van der Waals surface area (Å²) in [5.41, 5.74) is 1.59. The molecule has 8 heteroatoms. The van der Waals surface area contributed by atoms with Crippen molar-refractivity contribution in [2.45, 2.75) is 39.7 Å². The first kappa shape index (κ1) is 17.1. The summed E-state index contributed by atoms with van der Waals surface area (Å²) >= 11 is 0. The van der Waals surface area contributed by atoms with Crippen molar-refractivity contribution in [3.8, 4) is 0 Å². The van der Waals surface area contributed by atoms with Crippen LogP contribution in [-0.4, -0.2) is 25.4 Å². The number of H-pyrrole nitrogens is 1. The fraction of sp³-hybridized carbons (Fsp3) is 0.316. The lowest BCUT2D eigenvalue weighted by Gasteiger charge is -2.09. The molecule has 0 aliphatic carbocycles. The van der Waals surface area contributed by atoms with Gasteiger partial charge in [0.2, 0.25) is 5.91 Å². The van der Waals surface area contributed by atoms with Gasteiger partial charge < -0.3 is 10.3 Å². The van der Waals surface area contributed by atoms with Gasteiger partial charge in [-0.3, -0.25) is 19.0 Å². The van der Waals surface area contributed by atoms with Crippen molar-refractivity contribution in [3.63, 3.8) is 0 Å². The Labute approximate surface area is 154 Å². The van der Waals surface area contributed by atoms with E-state index in [-0.39, 0.29) is 23.4 Å². The summed E-state index contributed by atoms with van der Waals surface area (Å²) in [5, 5.41) is 3.23. The van der Waals surface area contributed by atoms with Gasteiger partial charge in [0.05, 0.1) is 17.3 Å². The number of benzene rings is 1. The van der Waals surface area contributed by atoms with E-state index in [0.717, 1.165) is 18.7 Å². The van der Waals surface area contributed by atoms with E-state index in [4.69, 9.17) is 0 Å². The van der Waals surface area contributed by atoms with Gasteiger partial charge in [-0.05, 0) is 38.5 Å². The van der Waals surface area contributed by atoms with Crippen molar-refractivity contribution in [2.75, 3.05) is 5.32 Å². The Kier molecular flexibility index (Phi) is 4.10. The predicted molar refractivity (Wildman–Crippen MR) is 101 cm³/mol. The van der Waals surface area contributed by atoms with Crippen molar-refractivity contribution in [2.24, 2.45) is 0 Å². The molecule has 0 unspecified atom stereocenters. The van der Waals surface area contributed by atoms with E-state index in [2.05, 4.69) is 20.3 Å². The van der Waals surface area contributed by atoms with E-state index in [0.29, 0.717) is 40.2 Å². The minimum absolute atomic E-state index is 0.0846. The van der Waals surface area contributed by atoms with E-state index in [1.165, 1.54) is 0 Å². The summed E-state index contributed by atoms with van der Waals surface area (Å²) in [6.45, 7) is 4.07. The monoisotopic (exact) mass is 365 g/mol. The number of anilines is 1. The maximum Gasteiger partial charge on any atom is 0.261 e. The van der Waals surface area contributed by atoms with Crippen LogP contribution in [0.15, 0.2) is 27.8 Å². The number of aromatic amines is 1. The molecule has 0 saturated heterocycles. The van der Waals surface area contributed by atoms with Gasteiger partial charge in [-0.2, -0.15) is 0 Å². The molecular formula is C19H19N5O3. The smallest absolute Gasteiger partial charge is 0.261 e. The van der Waals surface area contributed by atoms with Crippen LogP contribution in [0.5, 0.6) is 0 Å². The van der Waals surface area contributed by atoms with E-state index < -0.39 is 0 Å². The Balaban J connectivity index is 1.61. The standard InChI is InChI=1S/C19H19N5O3/c1-10-13(18(26)21-11(2)20-10)9-17(25)22-12-5-6-15-14(8-12)19(27)24-7-3-4-16(24)23-15/h5-6,8H,3-4,7,9H2,1-2H3,(H,22,25)(H,20,21,26). The van der Waals surface area contributed by atoms with Gasteiger partial charge in [0.25, 0.3) is 11.1 Å². The number of fused-ring (bicyclic) bond motifs is 2. The molecule has 0 atom stereocenters. The third-order valence-corrected chi connectivity index (χ3v) is 4.78. The molecule has 0 bridgehead atoms. The second-order valence-corrected chi connectivity index (χ2v) is 6.76. The Morgan fingerprint density at radius 3 is 2.85 bits per heavy atom. The average Bonchev–Trinajstić information content (AvgIpc) is 3.07. The molecule has 0 fully saturated rings. The maximum atomic E-state index is 12.6. The molecular weight excluding hydrogens is 346 g/mol. The number of hydrogen-bond acceptors (Lipinski definition) is 5. The SMILES string of the molecule is Cc1nc(C)c(CC(=O)Nc2ccc3nc4n(c(=O)c3c2)CCC4)c(=O)[nH]1. The number of amides is 1. The summed E-state index contributed by atoms with van der Waals surface area (Å²) in [7, 11) is 0. The van der Waals surface area contributed by atoms with Crippen molar-refractivity contribution < 1.29 is 4.79 Å². The molecule has 3 heterocycles. The minimum atomic E-state index is -0.345. The zero-order valence-corrected chi connectivity index (χ0v) is 15.1. The molecule has 0 radical (unpaired) electrons. The van der Waals surface area contributed by atoms with Crippen LogP contribution >= 0.6 is 0 Å². The van der Waals surface area contributed by atoms with E-state index in [1.807, 2.05) is 0 Å². The number of nitrogens with one attached hydrogen (secondary N) is 2. The highest BCUT2D eigenvalue weighted by molar-refractivity contribution is 5.94. The van der Waals surface area contributed by atoms with Crippen LogP contribution < -0.4 is 16.4 Å². The van der Waals surface area contributed by atoms with Gasteiger partial charge in [0, 0.05) is 29.9 Å². The molecule has 1 aliphatic heterocycles. The quantitative estimate of drug-likeness (QED) is 0.725. The van der Waals surface area contributed by atoms with Gasteiger partial charge in [-0.1, -0.05) is 0 Å². The van der Waals surface area contributed by atoms with Crippen molar-refractivity contribution in [1.29, 1.82) is 0 Å². The maximum absolute atomic E-state index is 12.6. The Hall–Kier alpha value is -3.29. The van der Waals surface area contributed by atoms with Crippen LogP contribution in [0.3, 0.4) is 0 Å². The molecule has 2 N–H and O–H groups in total. The third kappa shape index (κ3) is 3.14. The number of carbonyl (C=O) groups excluding carboxylic acids is 1.